The summed E-state index contributed by atoms with van der Waals surface area (Å²) in [4.78, 5) is 11.7. The first-order valence-corrected chi connectivity index (χ1v) is 7.76. The molecule has 0 unspecified atom stereocenters. The minimum absolute atomic E-state index is 0.0383. The zero-order chi connectivity index (χ0) is 15.5. The zero-order valence-corrected chi connectivity index (χ0v) is 13.1. The van der Waals surface area contributed by atoms with Crippen molar-refractivity contribution in [3.05, 3.63) is 29.8 Å². The third kappa shape index (κ3) is 7.49. The number of amides is 1. The Labute approximate surface area is 127 Å². The molecule has 0 atom stereocenters. The van der Waals surface area contributed by atoms with Gasteiger partial charge in [0.2, 0.25) is 5.91 Å². The largest absolute Gasteiger partial charge is 0.508 e. The van der Waals surface area contributed by atoms with Crippen LogP contribution in [0.2, 0.25) is 0 Å². The number of carbonyl (C=O) groups excluding carboxylic acids is 1. The second-order valence-electron chi connectivity index (χ2n) is 5.30. The number of benzene rings is 1. The lowest BCUT2D eigenvalue weighted by molar-refractivity contribution is -0.121. The molecule has 0 aliphatic rings. The molecule has 0 aliphatic heterocycles. The van der Waals surface area contributed by atoms with Crippen LogP contribution in [0, 0.1) is 0 Å². The maximum absolute atomic E-state index is 11.7. The second-order valence-corrected chi connectivity index (χ2v) is 5.30. The molecule has 0 spiro atoms. The summed E-state index contributed by atoms with van der Waals surface area (Å²) in [7, 11) is 0. The van der Waals surface area contributed by atoms with Crippen molar-refractivity contribution in [1.29, 1.82) is 0 Å². The molecule has 4 nitrogen and oxygen atoms in total. The number of nitrogens with zero attached hydrogens (tertiary/aromatic N) is 1. The standard InChI is InChI=1S/C17H26N2O2/c1-3-4-5-6-7-8-9-17(21)19-18-14(2)15-10-12-16(20)13-11-15/h10-13,20H,3-9H2,1-2H3,(H,19,21). The Balaban J connectivity index is 2.25. The van der Waals surface area contributed by atoms with E-state index in [9.17, 15) is 9.90 Å². The Morgan fingerprint density at radius 2 is 1.71 bits per heavy atom. The molecular formula is C17H26N2O2. The van der Waals surface area contributed by atoms with Crippen LogP contribution < -0.4 is 5.43 Å². The summed E-state index contributed by atoms with van der Waals surface area (Å²) in [6, 6.07) is 6.75. The summed E-state index contributed by atoms with van der Waals surface area (Å²) in [6.07, 6.45) is 7.54. The van der Waals surface area contributed by atoms with E-state index in [1.165, 1.54) is 25.7 Å². The Bertz CT molecular complexity index is 452. The van der Waals surface area contributed by atoms with Gasteiger partial charge >= 0.3 is 0 Å². The second kappa shape index (κ2) is 9.97. The molecule has 21 heavy (non-hydrogen) atoms. The average molecular weight is 290 g/mol. The zero-order valence-electron chi connectivity index (χ0n) is 13.1. The molecule has 1 aromatic rings. The van der Waals surface area contributed by atoms with E-state index in [0.717, 1.165) is 24.1 Å². The van der Waals surface area contributed by atoms with Crippen LogP contribution in [0.3, 0.4) is 0 Å². The van der Waals surface area contributed by atoms with Crippen molar-refractivity contribution in [2.75, 3.05) is 0 Å². The monoisotopic (exact) mass is 290 g/mol. The number of hydrogen-bond acceptors (Lipinski definition) is 3. The molecular weight excluding hydrogens is 264 g/mol. The topological polar surface area (TPSA) is 61.7 Å². The van der Waals surface area contributed by atoms with E-state index in [1.54, 1.807) is 24.3 Å². The minimum atomic E-state index is -0.0383. The summed E-state index contributed by atoms with van der Waals surface area (Å²) < 4.78 is 0. The predicted octanol–water partition coefficient (Wildman–Crippen LogP) is 3.98. The normalized spacial score (nSPS) is 11.4. The van der Waals surface area contributed by atoms with Gasteiger partial charge in [0.15, 0.2) is 0 Å². The summed E-state index contributed by atoms with van der Waals surface area (Å²) in [5, 5.41) is 13.3. The number of unbranched alkanes of at least 4 members (excludes halogenated alkanes) is 5. The molecule has 1 rings (SSSR count). The van der Waals surface area contributed by atoms with E-state index in [4.69, 9.17) is 0 Å². The van der Waals surface area contributed by atoms with Gasteiger partial charge in [0.05, 0.1) is 5.71 Å². The fraction of sp³-hybridized carbons (Fsp3) is 0.529. The van der Waals surface area contributed by atoms with Gasteiger partial charge in [-0.2, -0.15) is 5.10 Å². The van der Waals surface area contributed by atoms with Gasteiger partial charge in [-0.05, 0) is 43.2 Å². The van der Waals surface area contributed by atoms with Crippen molar-refractivity contribution in [2.24, 2.45) is 5.10 Å². The van der Waals surface area contributed by atoms with Crippen LogP contribution in [0.25, 0.3) is 0 Å². The van der Waals surface area contributed by atoms with Gasteiger partial charge in [-0.25, -0.2) is 5.43 Å². The molecule has 2 N–H and O–H groups in total. The van der Waals surface area contributed by atoms with Gasteiger partial charge in [0, 0.05) is 6.42 Å². The van der Waals surface area contributed by atoms with Gasteiger partial charge in [-0.3, -0.25) is 4.79 Å². The number of phenolic OH excluding ortho intramolecular Hbond substituents is 1. The molecule has 0 heterocycles. The molecule has 0 radical (unpaired) electrons. The summed E-state index contributed by atoms with van der Waals surface area (Å²) in [5.41, 5.74) is 4.19. The van der Waals surface area contributed by atoms with Gasteiger partial charge in [0.1, 0.15) is 5.75 Å². The lowest BCUT2D eigenvalue weighted by Gasteiger charge is -2.03. The van der Waals surface area contributed by atoms with Gasteiger partial charge in [0.25, 0.3) is 0 Å². The fourth-order valence-electron chi connectivity index (χ4n) is 2.04. The maximum Gasteiger partial charge on any atom is 0.240 e. The van der Waals surface area contributed by atoms with E-state index in [2.05, 4.69) is 17.5 Å². The average Bonchev–Trinajstić information content (AvgIpc) is 2.49. The van der Waals surface area contributed by atoms with Gasteiger partial charge < -0.3 is 5.11 Å². The number of rotatable bonds is 9. The van der Waals surface area contributed by atoms with Crippen molar-refractivity contribution in [2.45, 2.75) is 58.8 Å². The smallest absolute Gasteiger partial charge is 0.240 e. The van der Waals surface area contributed by atoms with Crippen molar-refractivity contribution >= 4 is 11.6 Å². The third-order valence-electron chi connectivity index (χ3n) is 3.39. The number of aromatic hydroxyl groups is 1. The maximum atomic E-state index is 11.7. The van der Waals surface area contributed by atoms with Crippen molar-refractivity contribution < 1.29 is 9.90 Å². The van der Waals surface area contributed by atoms with Gasteiger partial charge in [-0.1, -0.05) is 39.0 Å². The van der Waals surface area contributed by atoms with E-state index in [1.807, 2.05) is 6.92 Å². The lowest BCUT2D eigenvalue weighted by Crippen LogP contribution is -2.18. The summed E-state index contributed by atoms with van der Waals surface area (Å²) in [6.45, 7) is 4.03. The van der Waals surface area contributed by atoms with Crippen LogP contribution in [-0.4, -0.2) is 16.7 Å². The lowest BCUT2D eigenvalue weighted by atomic mass is 10.1. The van der Waals surface area contributed by atoms with Crippen LogP contribution in [0.15, 0.2) is 29.4 Å². The predicted molar refractivity (Wildman–Crippen MR) is 86.5 cm³/mol. The number of carbonyl (C=O) groups is 1. The van der Waals surface area contributed by atoms with Crippen molar-refractivity contribution in [3.63, 3.8) is 0 Å². The Morgan fingerprint density at radius 3 is 2.38 bits per heavy atom. The highest BCUT2D eigenvalue weighted by molar-refractivity contribution is 5.99. The van der Waals surface area contributed by atoms with Crippen LogP contribution >= 0.6 is 0 Å². The minimum Gasteiger partial charge on any atom is -0.508 e. The van der Waals surface area contributed by atoms with Crippen LogP contribution in [0.5, 0.6) is 5.75 Å². The van der Waals surface area contributed by atoms with Crippen molar-refractivity contribution in [1.82, 2.24) is 5.43 Å². The molecule has 1 aromatic carbocycles. The molecule has 0 saturated heterocycles. The fourth-order valence-corrected chi connectivity index (χ4v) is 2.04. The number of nitrogens with one attached hydrogen (secondary N) is 1. The molecule has 4 heteroatoms. The molecule has 116 valence electrons. The van der Waals surface area contributed by atoms with E-state index in [-0.39, 0.29) is 11.7 Å². The SMILES string of the molecule is CCCCCCCCC(=O)NN=C(C)c1ccc(O)cc1. The summed E-state index contributed by atoms with van der Waals surface area (Å²) in [5.74, 6) is 0.183. The highest BCUT2D eigenvalue weighted by atomic mass is 16.3. The highest BCUT2D eigenvalue weighted by Gasteiger charge is 2.01. The van der Waals surface area contributed by atoms with Gasteiger partial charge in [-0.15, -0.1) is 0 Å². The summed E-state index contributed by atoms with van der Waals surface area (Å²) >= 11 is 0. The van der Waals surface area contributed by atoms with Crippen LogP contribution in [0.1, 0.15) is 64.4 Å². The Kier molecular flexibility index (Phi) is 8.17. The molecule has 1 amide bonds. The first kappa shape index (κ1) is 17.2. The van der Waals surface area contributed by atoms with Crippen LogP contribution in [0.4, 0.5) is 0 Å². The molecule has 0 aromatic heterocycles. The molecule has 0 bridgehead atoms. The highest BCUT2D eigenvalue weighted by Crippen LogP contribution is 2.10. The third-order valence-corrected chi connectivity index (χ3v) is 3.39. The molecule has 0 saturated carbocycles. The van der Waals surface area contributed by atoms with E-state index < -0.39 is 0 Å². The quantitative estimate of drug-likeness (QED) is 0.410. The Morgan fingerprint density at radius 1 is 1.10 bits per heavy atom. The number of hydrogen-bond donors (Lipinski definition) is 2. The van der Waals surface area contributed by atoms with Crippen LogP contribution in [-0.2, 0) is 4.79 Å². The van der Waals surface area contributed by atoms with Crippen molar-refractivity contribution in [3.8, 4) is 5.75 Å². The molecule has 0 aliphatic carbocycles. The number of hydrazone groups is 1. The number of phenols is 1. The van der Waals surface area contributed by atoms with E-state index in [0.29, 0.717) is 6.42 Å². The van der Waals surface area contributed by atoms with E-state index >= 15 is 0 Å². The first-order valence-electron chi connectivity index (χ1n) is 7.76. The Hall–Kier alpha value is -1.84. The first-order chi connectivity index (χ1) is 10.1. The molecule has 0 fully saturated rings.